The van der Waals surface area contributed by atoms with Gasteiger partial charge in [-0.1, -0.05) is 12.8 Å². The predicted molar refractivity (Wildman–Crippen MR) is 79.1 cm³/mol. The van der Waals surface area contributed by atoms with Gasteiger partial charge in [-0.25, -0.2) is 4.79 Å². The van der Waals surface area contributed by atoms with E-state index in [9.17, 15) is 14.7 Å². The van der Waals surface area contributed by atoms with E-state index in [1.54, 1.807) is 25.8 Å². The number of aromatic nitrogens is 2. The molecule has 2 N–H and O–H groups in total. The number of likely N-dealkylation sites (N-methyl/N-ethyl adjacent to an activating group) is 1. The van der Waals surface area contributed by atoms with Crippen molar-refractivity contribution in [3.05, 3.63) is 27.4 Å². The number of aliphatic hydroxyl groups is 1. The zero-order valence-electron chi connectivity index (χ0n) is 12.8. The zero-order valence-corrected chi connectivity index (χ0v) is 12.8. The maximum atomic E-state index is 12.4. The summed E-state index contributed by atoms with van der Waals surface area (Å²) in [5.74, 6) is -0.0546. The molecule has 0 aliphatic heterocycles. The van der Waals surface area contributed by atoms with Crippen molar-refractivity contribution in [3.8, 4) is 0 Å². The van der Waals surface area contributed by atoms with Crippen LogP contribution in [0.3, 0.4) is 0 Å². The summed E-state index contributed by atoms with van der Waals surface area (Å²) in [6.07, 6.45) is 3.40. The number of rotatable bonds is 3. The third-order valence-corrected chi connectivity index (χ3v) is 4.37. The Morgan fingerprint density at radius 2 is 2.05 bits per heavy atom. The van der Waals surface area contributed by atoms with E-state index in [0.29, 0.717) is 11.4 Å². The summed E-state index contributed by atoms with van der Waals surface area (Å²) in [6.45, 7) is 3.51. The summed E-state index contributed by atoms with van der Waals surface area (Å²) in [5, 5.41) is 10.0. The number of nitrogens with zero attached hydrogens (tertiary/aromatic N) is 2. The molecule has 0 bridgehead atoms. The van der Waals surface area contributed by atoms with Crippen LogP contribution >= 0.6 is 0 Å². The number of hydrogen-bond acceptors (Lipinski definition) is 4. The molecule has 2 unspecified atom stereocenters. The van der Waals surface area contributed by atoms with Gasteiger partial charge in [0.15, 0.2) is 0 Å². The number of aryl methyl sites for hydroxylation is 2. The molecular weight excluding hydrogens is 270 g/mol. The second-order valence-corrected chi connectivity index (χ2v) is 5.83. The first-order chi connectivity index (χ1) is 9.90. The van der Waals surface area contributed by atoms with Crippen LogP contribution in [0.15, 0.2) is 4.79 Å². The van der Waals surface area contributed by atoms with Crippen molar-refractivity contribution in [1.82, 2.24) is 14.9 Å². The molecule has 1 aromatic heterocycles. The summed E-state index contributed by atoms with van der Waals surface area (Å²) < 4.78 is 0. The number of aliphatic hydroxyl groups excluding tert-OH is 1. The minimum Gasteiger partial charge on any atom is -0.391 e. The van der Waals surface area contributed by atoms with Gasteiger partial charge in [-0.3, -0.25) is 4.79 Å². The fraction of sp³-hybridized carbons (Fsp3) is 0.667. The predicted octanol–water partition coefficient (Wildman–Crippen LogP) is 0.691. The molecule has 1 fully saturated rings. The molecule has 6 heteroatoms. The highest BCUT2D eigenvalue weighted by atomic mass is 16.3. The lowest BCUT2D eigenvalue weighted by molar-refractivity contribution is -0.134. The van der Waals surface area contributed by atoms with Gasteiger partial charge in [0.05, 0.1) is 18.6 Å². The zero-order chi connectivity index (χ0) is 15.6. The molecule has 1 aromatic rings. The Balaban J connectivity index is 2.12. The Morgan fingerprint density at radius 1 is 1.38 bits per heavy atom. The molecule has 0 radical (unpaired) electrons. The first-order valence-corrected chi connectivity index (χ1v) is 7.40. The highest BCUT2D eigenvalue weighted by Crippen LogP contribution is 2.23. The van der Waals surface area contributed by atoms with Gasteiger partial charge >= 0.3 is 5.69 Å². The molecule has 6 nitrogen and oxygen atoms in total. The molecule has 116 valence electrons. The first-order valence-electron chi connectivity index (χ1n) is 7.40. The van der Waals surface area contributed by atoms with Gasteiger partial charge in [-0.2, -0.15) is 4.98 Å². The number of aromatic amines is 1. The third kappa shape index (κ3) is 3.50. The first kappa shape index (κ1) is 15.7. The number of hydrogen-bond donors (Lipinski definition) is 2. The summed E-state index contributed by atoms with van der Waals surface area (Å²) >= 11 is 0. The lowest BCUT2D eigenvalue weighted by atomic mass is 9.91. The molecule has 1 saturated carbocycles. The number of H-pyrrole nitrogens is 1. The van der Waals surface area contributed by atoms with Crippen LogP contribution in [0.25, 0.3) is 0 Å². The van der Waals surface area contributed by atoms with Gasteiger partial charge in [0.1, 0.15) is 0 Å². The average molecular weight is 293 g/mol. The molecule has 21 heavy (non-hydrogen) atoms. The van der Waals surface area contributed by atoms with Crippen LogP contribution in [-0.4, -0.2) is 45.1 Å². The van der Waals surface area contributed by atoms with Crippen LogP contribution in [0.2, 0.25) is 0 Å². The van der Waals surface area contributed by atoms with E-state index in [-0.39, 0.29) is 18.4 Å². The van der Waals surface area contributed by atoms with E-state index in [0.717, 1.165) is 31.2 Å². The fourth-order valence-corrected chi connectivity index (χ4v) is 3.02. The van der Waals surface area contributed by atoms with Gasteiger partial charge < -0.3 is 15.0 Å². The van der Waals surface area contributed by atoms with Crippen LogP contribution in [-0.2, 0) is 11.2 Å². The smallest absolute Gasteiger partial charge is 0.345 e. The second kappa shape index (κ2) is 6.39. The molecule has 0 spiro atoms. The van der Waals surface area contributed by atoms with Gasteiger partial charge in [0.2, 0.25) is 5.91 Å². The van der Waals surface area contributed by atoms with E-state index in [2.05, 4.69) is 9.97 Å². The molecule has 2 rings (SSSR count). The minimum absolute atomic E-state index is 0.0546. The lowest BCUT2D eigenvalue weighted by Crippen LogP contribution is -2.47. The van der Waals surface area contributed by atoms with Crippen LogP contribution in [0.4, 0.5) is 0 Å². The van der Waals surface area contributed by atoms with E-state index >= 15 is 0 Å². The van der Waals surface area contributed by atoms with E-state index in [1.165, 1.54) is 0 Å². The lowest BCUT2D eigenvalue weighted by Gasteiger charge is -2.35. The second-order valence-electron chi connectivity index (χ2n) is 5.83. The van der Waals surface area contributed by atoms with Gasteiger partial charge in [-0.15, -0.1) is 0 Å². The fourth-order valence-electron chi connectivity index (χ4n) is 3.02. The van der Waals surface area contributed by atoms with E-state index in [1.807, 2.05) is 0 Å². The molecule has 0 aromatic carbocycles. The maximum absolute atomic E-state index is 12.4. The molecule has 2 atom stereocenters. The van der Waals surface area contributed by atoms with Gasteiger partial charge in [0, 0.05) is 24.0 Å². The number of carbonyl (C=O) groups excluding carboxylic acids is 1. The van der Waals surface area contributed by atoms with Crippen LogP contribution in [0.5, 0.6) is 0 Å². The van der Waals surface area contributed by atoms with Crippen LogP contribution < -0.4 is 5.69 Å². The number of nitrogens with one attached hydrogen (secondary N) is 1. The highest BCUT2D eigenvalue weighted by Gasteiger charge is 2.29. The van der Waals surface area contributed by atoms with E-state index < -0.39 is 11.8 Å². The standard InChI is InChI=1S/C15H23N3O3/c1-9-11(10(2)17-15(21)16-9)8-14(20)18(3)12-6-4-5-7-13(12)19/h12-13,19H,4-8H2,1-3H3,(H,16,17,21). The Bertz CT molecular complexity index is 556. The van der Waals surface area contributed by atoms with Crippen molar-refractivity contribution >= 4 is 5.91 Å². The largest absolute Gasteiger partial charge is 0.391 e. The Labute approximate surface area is 124 Å². The normalized spacial score (nSPS) is 22.1. The molecule has 1 amide bonds. The number of amides is 1. The topological polar surface area (TPSA) is 86.3 Å². The van der Waals surface area contributed by atoms with Crippen molar-refractivity contribution in [2.45, 2.75) is 58.1 Å². The quantitative estimate of drug-likeness (QED) is 0.858. The molecule has 1 aliphatic rings. The molecule has 1 aliphatic carbocycles. The molecular formula is C15H23N3O3. The monoisotopic (exact) mass is 293 g/mol. The summed E-state index contributed by atoms with van der Waals surface area (Å²) in [5.41, 5.74) is 1.63. The Morgan fingerprint density at radius 3 is 2.67 bits per heavy atom. The van der Waals surface area contributed by atoms with Crippen molar-refractivity contribution in [2.24, 2.45) is 0 Å². The third-order valence-electron chi connectivity index (χ3n) is 4.37. The van der Waals surface area contributed by atoms with Crippen molar-refractivity contribution < 1.29 is 9.90 Å². The summed E-state index contributed by atoms with van der Waals surface area (Å²) in [6, 6.07) is -0.109. The van der Waals surface area contributed by atoms with E-state index in [4.69, 9.17) is 0 Å². The van der Waals surface area contributed by atoms with Crippen LogP contribution in [0, 0.1) is 13.8 Å². The van der Waals surface area contributed by atoms with Crippen molar-refractivity contribution in [3.63, 3.8) is 0 Å². The van der Waals surface area contributed by atoms with Crippen molar-refractivity contribution in [2.75, 3.05) is 7.05 Å². The van der Waals surface area contributed by atoms with Gasteiger partial charge in [-0.05, 0) is 26.7 Å². The molecule has 0 saturated heterocycles. The average Bonchev–Trinajstić information content (AvgIpc) is 2.42. The van der Waals surface area contributed by atoms with Gasteiger partial charge in [0.25, 0.3) is 0 Å². The van der Waals surface area contributed by atoms with Crippen molar-refractivity contribution in [1.29, 1.82) is 0 Å². The maximum Gasteiger partial charge on any atom is 0.345 e. The Hall–Kier alpha value is -1.69. The number of carbonyl (C=O) groups is 1. The molecule has 1 heterocycles. The summed E-state index contributed by atoms with van der Waals surface area (Å²) in [7, 11) is 1.74. The Kier molecular flexibility index (Phi) is 4.77. The van der Waals surface area contributed by atoms with Crippen LogP contribution in [0.1, 0.15) is 42.6 Å². The summed E-state index contributed by atoms with van der Waals surface area (Å²) in [4.78, 5) is 31.8. The highest BCUT2D eigenvalue weighted by molar-refractivity contribution is 5.79. The SMILES string of the molecule is Cc1nc(=O)[nH]c(C)c1CC(=O)N(C)C1CCCCC1O. The minimum atomic E-state index is -0.441.